The lowest BCUT2D eigenvalue weighted by Crippen LogP contribution is -2.28. The first-order valence-corrected chi connectivity index (χ1v) is 8.12. The van der Waals surface area contributed by atoms with Crippen molar-refractivity contribution in [2.75, 3.05) is 13.7 Å². The number of halogens is 3. The summed E-state index contributed by atoms with van der Waals surface area (Å²) in [6, 6.07) is 7.21. The zero-order valence-electron chi connectivity index (χ0n) is 13.0. The van der Waals surface area contributed by atoms with Crippen LogP contribution in [0.4, 0.5) is 0 Å². The fourth-order valence-electron chi connectivity index (χ4n) is 1.82. The smallest absolute Gasteiger partial charge is 0.359 e. The number of esters is 1. The average molecular weight is 404 g/mol. The summed E-state index contributed by atoms with van der Waals surface area (Å²) < 4.78 is 9.97. The molecule has 0 atom stereocenters. The van der Waals surface area contributed by atoms with Gasteiger partial charge >= 0.3 is 5.97 Å². The van der Waals surface area contributed by atoms with E-state index in [2.05, 4.69) is 10.3 Å². The van der Waals surface area contributed by atoms with Crippen molar-refractivity contribution in [1.82, 2.24) is 10.3 Å². The van der Waals surface area contributed by atoms with Crippen LogP contribution in [0.25, 0.3) is 0 Å². The summed E-state index contributed by atoms with van der Waals surface area (Å²) in [4.78, 5) is 27.5. The predicted octanol–water partition coefficient (Wildman–Crippen LogP) is 3.52. The second kappa shape index (κ2) is 8.89. The molecule has 1 N–H and O–H groups in total. The fourth-order valence-corrected chi connectivity index (χ4v) is 2.38. The monoisotopic (exact) mass is 402 g/mol. The third-order valence-electron chi connectivity index (χ3n) is 3.07. The number of nitrogens with zero attached hydrogens (tertiary/aromatic N) is 1. The van der Waals surface area contributed by atoms with Crippen molar-refractivity contribution in [3.63, 3.8) is 0 Å². The number of aromatic nitrogens is 1. The van der Waals surface area contributed by atoms with Gasteiger partial charge in [0.2, 0.25) is 0 Å². The van der Waals surface area contributed by atoms with Crippen molar-refractivity contribution >= 4 is 46.7 Å². The molecule has 1 aromatic heterocycles. The van der Waals surface area contributed by atoms with Crippen molar-refractivity contribution in [1.29, 1.82) is 0 Å². The van der Waals surface area contributed by atoms with Crippen molar-refractivity contribution < 1.29 is 19.1 Å². The maximum Gasteiger partial charge on any atom is 0.359 e. The van der Waals surface area contributed by atoms with Gasteiger partial charge in [0.25, 0.3) is 5.91 Å². The van der Waals surface area contributed by atoms with Gasteiger partial charge in [-0.05, 0) is 17.7 Å². The average Bonchev–Trinajstić information content (AvgIpc) is 2.62. The van der Waals surface area contributed by atoms with Crippen molar-refractivity contribution in [3.05, 3.63) is 56.8 Å². The molecule has 0 saturated carbocycles. The zero-order valence-corrected chi connectivity index (χ0v) is 15.3. The number of carbonyl (C=O) groups is 2. The largest absolute Gasteiger partial charge is 0.497 e. The molecule has 0 fully saturated rings. The lowest BCUT2D eigenvalue weighted by Gasteiger charge is -2.09. The molecule has 2 aromatic rings. The summed E-state index contributed by atoms with van der Waals surface area (Å²) in [6.45, 7) is -0.222. The summed E-state index contributed by atoms with van der Waals surface area (Å²) in [5.74, 6) is -0.675. The summed E-state index contributed by atoms with van der Waals surface area (Å²) in [6.07, 6.45) is 1.18. The Bertz CT molecular complexity index is 799. The molecule has 1 aromatic carbocycles. The highest BCUT2D eigenvalue weighted by Crippen LogP contribution is 2.31. The maximum absolute atomic E-state index is 11.9. The van der Waals surface area contributed by atoms with Crippen LogP contribution in [0.5, 0.6) is 5.75 Å². The van der Waals surface area contributed by atoms with Crippen LogP contribution in [-0.2, 0) is 16.1 Å². The van der Waals surface area contributed by atoms with E-state index in [1.165, 1.54) is 6.20 Å². The molecule has 1 heterocycles. The van der Waals surface area contributed by atoms with Gasteiger partial charge in [0.05, 0.1) is 22.2 Å². The Morgan fingerprint density at radius 3 is 2.68 bits per heavy atom. The molecule has 0 spiro atoms. The summed E-state index contributed by atoms with van der Waals surface area (Å²) in [5, 5.41) is 2.59. The number of hydrogen-bond acceptors (Lipinski definition) is 5. The molecular formula is C16H13Cl3N2O4. The highest BCUT2D eigenvalue weighted by molar-refractivity contribution is 6.48. The van der Waals surface area contributed by atoms with Crippen molar-refractivity contribution in [2.24, 2.45) is 0 Å². The van der Waals surface area contributed by atoms with Crippen LogP contribution in [0.1, 0.15) is 16.1 Å². The zero-order chi connectivity index (χ0) is 18.4. The minimum atomic E-state index is -0.875. The van der Waals surface area contributed by atoms with Gasteiger partial charge < -0.3 is 14.8 Å². The maximum atomic E-state index is 11.9. The normalized spacial score (nSPS) is 10.2. The van der Waals surface area contributed by atoms with Crippen LogP contribution in [0.3, 0.4) is 0 Å². The molecule has 9 heteroatoms. The molecule has 0 aliphatic carbocycles. The van der Waals surface area contributed by atoms with Gasteiger partial charge in [-0.2, -0.15) is 0 Å². The number of rotatable bonds is 6. The van der Waals surface area contributed by atoms with Gasteiger partial charge in [0.15, 0.2) is 12.3 Å². The lowest BCUT2D eigenvalue weighted by atomic mass is 10.2. The second-order valence-electron chi connectivity index (χ2n) is 4.79. The Kier molecular flexibility index (Phi) is 6.87. The topological polar surface area (TPSA) is 77.5 Å². The molecule has 0 saturated heterocycles. The molecule has 0 aliphatic rings. The second-order valence-corrected chi connectivity index (χ2v) is 5.95. The van der Waals surface area contributed by atoms with Gasteiger partial charge in [-0.25, -0.2) is 9.78 Å². The Labute approximate surface area is 159 Å². The number of pyridine rings is 1. The van der Waals surface area contributed by atoms with Crippen LogP contribution in [-0.4, -0.2) is 30.6 Å². The van der Waals surface area contributed by atoms with E-state index >= 15 is 0 Å². The third kappa shape index (κ3) is 5.22. The predicted molar refractivity (Wildman–Crippen MR) is 94.4 cm³/mol. The first kappa shape index (κ1) is 19.3. The molecule has 0 unspecified atom stereocenters. The van der Waals surface area contributed by atoms with Crippen molar-refractivity contribution in [3.8, 4) is 5.75 Å². The van der Waals surface area contributed by atoms with Crippen LogP contribution >= 0.6 is 34.8 Å². The van der Waals surface area contributed by atoms with Crippen molar-refractivity contribution in [2.45, 2.75) is 6.54 Å². The molecule has 0 aliphatic heterocycles. The summed E-state index contributed by atoms with van der Waals surface area (Å²) >= 11 is 17.5. The first-order valence-electron chi connectivity index (χ1n) is 6.98. The van der Waals surface area contributed by atoms with E-state index in [1.807, 2.05) is 6.07 Å². The van der Waals surface area contributed by atoms with Gasteiger partial charge in [-0.1, -0.05) is 46.9 Å². The van der Waals surface area contributed by atoms with E-state index in [-0.39, 0.29) is 27.3 Å². The SMILES string of the molecule is COc1cccc(CNC(=O)COC(=O)c2ncc(Cl)c(Cl)c2Cl)c1. The van der Waals surface area contributed by atoms with Gasteiger partial charge in [0.1, 0.15) is 5.75 Å². The fraction of sp³-hybridized carbons (Fsp3) is 0.188. The quantitative estimate of drug-likeness (QED) is 0.747. The number of carbonyl (C=O) groups excluding carboxylic acids is 2. The molecule has 0 bridgehead atoms. The highest BCUT2D eigenvalue weighted by Gasteiger charge is 2.19. The summed E-state index contributed by atoms with van der Waals surface area (Å²) in [7, 11) is 1.55. The highest BCUT2D eigenvalue weighted by atomic mass is 35.5. The van der Waals surface area contributed by atoms with Gasteiger partial charge in [-0.15, -0.1) is 0 Å². The van der Waals surface area contributed by atoms with Crippen LogP contribution in [0.2, 0.25) is 15.1 Å². The van der Waals surface area contributed by atoms with E-state index in [9.17, 15) is 9.59 Å². The van der Waals surface area contributed by atoms with E-state index in [1.54, 1.807) is 25.3 Å². The number of hydrogen-bond donors (Lipinski definition) is 1. The number of ether oxygens (including phenoxy) is 2. The lowest BCUT2D eigenvalue weighted by molar-refractivity contribution is -0.124. The minimum absolute atomic E-state index is 0.00670. The Morgan fingerprint density at radius 1 is 1.20 bits per heavy atom. The van der Waals surface area contributed by atoms with E-state index < -0.39 is 18.5 Å². The third-order valence-corrected chi connectivity index (χ3v) is 4.31. The van der Waals surface area contributed by atoms with E-state index in [0.717, 1.165) is 5.56 Å². The van der Waals surface area contributed by atoms with Crippen LogP contribution in [0.15, 0.2) is 30.5 Å². The molecule has 1 amide bonds. The van der Waals surface area contributed by atoms with Crippen LogP contribution in [0, 0.1) is 0 Å². The Hall–Kier alpha value is -2.02. The number of benzene rings is 1. The first-order chi connectivity index (χ1) is 11.9. The van der Waals surface area contributed by atoms with Crippen LogP contribution < -0.4 is 10.1 Å². The van der Waals surface area contributed by atoms with Gasteiger partial charge in [0, 0.05) is 12.7 Å². The molecule has 132 valence electrons. The van der Waals surface area contributed by atoms with E-state index in [4.69, 9.17) is 44.3 Å². The van der Waals surface area contributed by atoms with Gasteiger partial charge in [-0.3, -0.25) is 4.79 Å². The summed E-state index contributed by atoms with van der Waals surface area (Å²) in [5.41, 5.74) is 0.630. The number of nitrogens with one attached hydrogen (secondary N) is 1. The molecular weight excluding hydrogens is 391 g/mol. The Balaban J connectivity index is 1.87. The Morgan fingerprint density at radius 2 is 1.96 bits per heavy atom. The number of amides is 1. The molecule has 6 nitrogen and oxygen atoms in total. The molecule has 2 rings (SSSR count). The number of methoxy groups -OCH3 is 1. The molecule has 25 heavy (non-hydrogen) atoms. The standard InChI is InChI=1S/C16H13Cl3N2O4/c1-24-10-4-2-3-9(5-10)6-20-12(22)8-25-16(23)15-14(19)13(18)11(17)7-21-15/h2-5,7H,6,8H2,1H3,(H,20,22). The molecule has 0 radical (unpaired) electrons. The minimum Gasteiger partial charge on any atom is -0.497 e. The van der Waals surface area contributed by atoms with E-state index in [0.29, 0.717) is 5.75 Å².